The fourth-order valence-corrected chi connectivity index (χ4v) is 3.52. The molecular formula is C15H20BrF. The zero-order valence-electron chi connectivity index (χ0n) is 10.3. The van der Waals surface area contributed by atoms with E-state index >= 15 is 0 Å². The fraction of sp³-hybridized carbons (Fsp3) is 0.600. The third-order valence-electron chi connectivity index (χ3n) is 4.02. The number of halogens is 2. The molecule has 0 bridgehead atoms. The predicted molar refractivity (Wildman–Crippen MR) is 73.9 cm³/mol. The van der Waals surface area contributed by atoms with Gasteiger partial charge in [0.05, 0.1) is 0 Å². The van der Waals surface area contributed by atoms with Crippen molar-refractivity contribution in [3.63, 3.8) is 0 Å². The lowest BCUT2D eigenvalue weighted by molar-refractivity contribution is 0.269. The third-order valence-corrected chi connectivity index (χ3v) is 5.22. The van der Waals surface area contributed by atoms with Crippen molar-refractivity contribution in [1.29, 1.82) is 0 Å². The first-order chi connectivity index (χ1) is 8.20. The van der Waals surface area contributed by atoms with Crippen LogP contribution < -0.4 is 0 Å². The van der Waals surface area contributed by atoms with E-state index in [0.29, 0.717) is 10.7 Å². The molecule has 0 spiro atoms. The Bertz CT molecular complexity index is 364. The Kier molecular flexibility index (Phi) is 4.61. The zero-order valence-corrected chi connectivity index (χ0v) is 11.9. The van der Waals surface area contributed by atoms with E-state index in [1.807, 2.05) is 12.1 Å². The first-order valence-electron chi connectivity index (χ1n) is 6.58. The number of alkyl halides is 1. The molecule has 2 rings (SSSR count). The lowest BCUT2D eigenvalue weighted by Gasteiger charge is -2.33. The summed E-state index contributed by atoms with van der Waals surface area (Å²) < 4.78 is 13.6. The third kappa shape index (κ3) is 3.31. The molecule has 0 saturated heterocycles. The summed E-state index contributed by atoms with van der Waals surface area (Å²) in [5, 5.41) is 0. The molecule has 0 amide bonds. The Morgan fingerprint density at radius 2 is 2.06 bits per heavy atom. The van der Waals surface area contributed by atoms with E-state index in [4.69, 9.17) is 0 Å². The summed E-state index contributed by atoms with van der Waals surface area (Å²) in [6, 6.07) is 7.19. The predicted octanol–water partition coefficient (Wildman–Crippen LogP) is 4.96. The number of rotatable bonds is 3. The van der Waals surface area contributed by atoms with Crippen molar-refractivity contribution in [3.05, 3.63) is 35.6 Å². The molecule has 1 aromatic carbocycles. The van der Waals surface area contributed by atoms with Crippen LogP contribution in [0.25, 0.3) is 0 Å². The van der Waals surface area contributed by atoms with Gasteiger partial charge in [-0.1, -0.05) is 47.5 Å². The molecule has 1 aliphatic carbocycles. The molecule has 1 saturated carbocycles. The van der Waals surface area contributed by atoms with E-state index in [1.54, 1.807) is 12.1 Å². The van der Waals surface area contributed by atoms with Crippen molar-refractivity contribution in [2.24, 2.45) is 11.8 Å². The first-order valence-corrected chi connectivity index (χ1v) is 7.49. The van der Waals surface area contributed by atoms with Crippen LogP contribution in [0.3, 0.4) is 0 Å². The van der Waals surface area contributed by atoms with E-state index in [9.17, 15) is 4.39 Å². The highest BCUT2D eigenvalue weighted by Gasteiger charge is 2.28. The van der Waals surface area contributed by atoms with Crippen molar-refractivity contribution in [2.45, 2.75) is 43.9 Å². The maximum atomic E-state index is 13.6. The number of hydrogen-bond acceptors (Lipinski definition) is 0. The van der Waals surface area contributed by atoms with Gasteiger partial charge in [-0.05, 0) is 49.1 Å². The van der Waals surface area contributed by atoms with Gasteiger partial charge < -0.3 is 0 Å². The topological polar surface area (TPSA) is 0 Å². The molecule has 0 N–H and O–H groups in total. The van der Waals surface area contributed by atoms with Gasteiger partial charge in [0, 0.05) is 4.83 Å². The summed E-state index contributed by atoms with van der Waals surface area (Å²) in [5.74, 6) is 1.37. The number of benzene rings is 1. The second-order valence-corrected chi connectivity index (χ2v) is 6.34. The molecule has 17 heavy (non-hydrogen) atoms. The van der Waals surface area contributed by atoms with Gasteiger partial charge in [0.2, 0.25) is 0 Å². The fourth-order valence-electron chi connectivity index (χ4n) is 2.85. The highest BCUT2D eigenvalue weighted by molar-refractivity contribution is 9.09. The minimum Gasteiger partial charge on any atom is -0.207 e. The Morgan fingerprint density at radius 3 is 2.76 bits per heavy atom. The molecule has 2 heteroatoms. The summed E-state index contributed by atoms with van der Waals surface area (Å²) >= 11 is 3.77. The van der Waals surface area contributed by atoms with Gasteiger partial charge in [-0.25, -0.2) is 4.39 Å². The normalized spacial score (nSPS) is 29.2. The summed E-state index contributed by atoms with van der Waals surface area (Å²) in [6.45, 7) is 2.26. The molecule has 1 aromatic rings. The average Bonchev–Trinajstić information content (AvgIpc) is 2.35. The molecule has 0 aromatic heterocycles. The summed E-state index contributed by atoms with van der Waals surface area (Å²) in [4.78, 5) is 0.560. The zero-order chi connectivity index (χ0) is 12.3. The molecule has 1 fully saturated rings. The van der Waals surface area contributed by atoms with Crippen LogP contribution in [-0.2, 0) is 6.42 Å². The quantitative estimate of drug-likeness (QED) is 0.692. The Balaban J connectivity index is 2.04. The van der Waals surface area contributed by atoms with Crippen LogP contribution in [0.5, 0.6) is 0 Å². The summed E-state index contributed by atoms with van der Waals surface area (Å²) in [5.41, 5.74) is 0.874. The van der Waals surface area contributed by atoms with Crippen LogP contribution in [0.4, 0.5) is 4.39 Å². The first kappa shape index (κ1) is 13.1. The molecule has 94 valence electrons. The van der Waals surface area contributed by atoms with Crippen molar-refractivity contribution < 1.29 is 4.39 Å². The highest BCUT2D eigenvalue weighted by Crippen LogP contribution is 2.37. The van der Waals surface area contributed by atoms with E-state index < -0.39 is 0 Å². The van der Waals surface area contributed by atoms with Crippen LogP contribution in [-0.4, -0.2) is 4.83 Å². The average molecular weight is 299 g/mol. The van der Waals surface area contributed by atoms with E-state index in [2.05, 4.69) is 22.9 Å². The van der Waals surface area contributed by atoms with Gasteiger partial charge in [0.1, 0.15) is 5.82 Å². The van der Waals surface area contributed by atoms with Crippen molar-refractivity contribution in [3.8, 4) is 0 Å². The maximum absolute atomic E-state index is 13.6. The lowest BCUT2D eigenvalue weighted by atomic mass is 9.77. The van der Waals surface area contributed by atoms with Crippen LogP contribution in [0.1, 0.15) is 38.2 Å². The standard InChI is InChI=1S/C15H20BrF/c1-2-11-7-8-14(16)13(9-11)10-12-5-3-4-6-15(12)17/h3-6,11,13-14H,2,7-10H2,1H3. The number of hydrogen-bond donors (Lipinski definition) is 0. The molecule has 0 radical (unpaired) electrons. The van der Waals surface area contributed by atoms with Crippen LogP contribution in [0.2, 0.25) is 0 Å². The van der Waals surface area contributed by atoms with E-state index in [1.165, 1.54) is 25.7 Å². The van der Waals surface area contributed by atoms with Gasteiger partial charge in [0.25, 0.3) is 0 Å². The Hall–Kier alpha value is -0.370. The summed E-state index contributed by atoms with van der Waals surface area (Å²) in [6.07, 6.45) is 5.92. The molecule has 3 unspecified atom stereocenters. The van der Waals surface area contributed by atoms with E-state index in [-0.39, 0.29) is 5.82 Å². The van der Waals surface area contributed by atoms with Gasteiger partial charge in [-0.15, -0.1) is 0 Å². The molecule has 0 aliphatic heterocycles. The molecule has 1 aliphatic rings. The molecular weight excluding hydrogens is 279 g/mol. The second kappa shape index (κ2) is 5.99. The maximum Gasteiger partial charge on any atom is 0.126 e. The van der Waals surface area contributed by atoms with Crippen LogP contribution in [0, 0.1) is 17.7 Å². The largest absolute Gasteiger partial charge is 0.207 e. The Morgan fingerprint density at radius 1 is 1.29 bits per heavy atom. The lowest BCUT2D eigenvalue weighted by Crippen LogP contribution is -2.26. The monoisotopic (exact) mass is 298 g/mol. The van der Waals surface area contributed by atoms with Gasteiger partial charge in [-0.2, -0.15) is 0 Å². The van der Waals surface area contributed by atoms with Crippen molar-refractivity contribution >= 4 is 15.9 Å². The smallest absolute Gasteiger partial charge is 0.126 e. The molecule has 0 nitrogen and oxygen atoms in total. The minimum atomic E-state index is -0.0502. The van der Waals surface area contributed by atoms with Crippen LogP contribution >= 0.6 is 15.9 Å². The van der Waals surface area contributed by atoms with Gasteiger partial charge in [-0.3, -0.25) is 0 Å². The second-order valence-electron chi connectivity index (χ2n) is 5.16. The SMILES string of the molecule is CCC1CCC(Br)C(Cc2ccccc2F)C1. The van der Waals surface area contributed by atoms with Gasteiger partial charge in [0.15, 0.2) is 0 Å². The minimum absolute atomic E-state index is 0.0502. The Labute approximate surface area is 112 Å². The van der Waals surface area contributed by atoms with Crippen LogP contribution in [0.15, 0.2) is 24.3 Å². The summed E-state index contributed by atoms with van der Waals surface area (Å²) in [7, 11) is 0. The highest BCUT2D eigenvalue weighted by atomic mass is 79.9. The van der Waals surface area contributed by atoms with E-state index in [0.717, 1.165) is 17.9 Å². The molecule has 3 atom stereocenters. The molecule has 0 heterocycles. The van der Waals surface area contributed by atoms with Crippen molar-refractivity contribution in [2.75, 3.05) is 0 Å². The van der Waals surface area contributed by atoms with Gasteiger partial charge >= 0.3 is 0 Å². The van der Waals surface area contributed by atoms with Crippen molar-refractivity contribution in [1.82, 2.24) is 0 Å².